The zero-order valence-corrected chi connectivity index (χ0v) is 18.2. The summed E-state index contributed by atoms with van der Waals surface area (Å²) in [5.41, 5.74) is 0.149. The van der Waals surface area contributed by atoms with Gasteiger partial charge in [-0.1, -0.05) is 18.5 Å². The first-order valence-electron chi connectivity index (χ1n) is 8.76. The Morgan fingerprint density at radius 2 is 1.81 bits per heavy atom. The second-order valence-electron chi connectivity index (χ2n) is 5.83. The van der Waals surface area contributed by atoms with E-state index in [1.165, 1.54) is 32.4 Å². The van der Waals surface area contributed by atoms with E-state index in [4.69, 9.17) is 25.8 Å². The summed E-state index contributed by atoms with van der Waals surface area (Å²) in [5, 5.41) is 5.35. The van der Waals surface area contributed by atoms with Crippen molar-refractivity contribution in [2.24, 2.45) is 0 Å². The number of aromatic nitrogens is 5. The third-order valence-electron chi connectivity index (χ3n) is 3.63. The molecule has 3 rings (SSSR count). The third kappa shape index (κ3) is 5.03. The number of amides is 2. The molecule has 2 N–H and O–H groups in total. The van der Waals surface area contributed by atoms with Crippen LogP contribution in [-0.4, -0.2) is 59.8 Å². The summed E-state index contributed by atoms with van der Waals surface area (Å²) in [6.07, 6.45) is 0.731. The molecule has 166 valence electrons. The molecule has 0 aliphatic carbocycles. The lowest BCUT2D eigenvalue weighted by molar-refractivity contribution is 0.256. The van der Waals surface area contributed by atoms with Crippen molar-refractivity contribution in [1.82, 2.24) is 29.3 Å². The number of imidazole rings is 1. The molecule has 0 fully saturated rings. The van der Waals surface area contributed by atoms with Gasteiger partial charge < -0.3 is 14.2 Å². The summed E-state index contributed by atoms with van der Waals surface area (Å²) in [6.45, 7) is 2.29. The maximum atomic E-state index is 12.8. The molecule has 3 heterocycles. The van der Waals surface area contributed by atoms with E-state index in [1.54, 1.807) is 0 Å². The lowest BCUT2D eigenvalue weighted by Crippen LogP contribution is -2.35. The van der Waals surface area contributed by atoms with Gasteiger partial charge in [-0.15, -0.1) is 5.10 Å². The highest BCUT2D eigenvalue weighted by atomic mass is 35.5. The van der Waals surface area contributed by atoms with Gasteiger partial charge >= 0.3 is 6.03 Å². The molecular formula is C16H18ClN7O6S. The van der Waals surface area contributed by atoms with Crippen LogP contribution in [0.1, 0.15) is 13.3 Å². The number of hydrogen-bond acceptors (Lipinski definition) is 10. The number of urea groups is 1. The summed E-state index contributed by atoms with van der Waals surface area (Å²) in [5.74, 6) is 0.111. The minimum absolute atomic E-state index is 0.0960. The largest absolute Gasteiger partial charge is 0.481 e. The van der Waals surface area contributed by atoms with Crippen LogP contribution in [0.5, 0.6) is 17.6 Å². The first-order chi connectivity index (χ1) is 14.8. The summed E-state index contributed by atoms with van der Waals surface area (Å²) in [6, 6.07) is 3.24. The number of anilines is 1. The lowest BCUT2D eigenvalue weighted by Gasteiger charge is -2.10. The Hall–Kier alpha value is -3.39. The van der Waals surface area contributed by atoms with Crippen molar-refractivity contribution < 1.29 is 27.4 Å². The Bertz CT molecular complexity index is 1190. The fourth-order valence-corrected chi connectivity index (χ4v) is 3.84. The van der Waals surface area contributed by atoms with E-state index < -0.39 is 21.1 Å². The Morgan fingerprint density at radius 1 is 1.13 bits per heavy atom. The molecule has 0 unspecified atom stereocenters. The molecule has 3 aromatic heterocycles. The van der Waals surface area contributed by atoms with Gasteiger partial charge in [0.25, 0.3) is 10.0 Å². The molecule has 0 bridgehead atoms. The molecule has 0 spiro atoms. The van der Waals surface area contributed by atoms with E-state index in [9.17, 15) is 13.2 Å². The molecule has 31 heavy (non-hydrogen) atoms. The number of rotatable bonds is 8. The molecule has 0 atom stereocenters. The maximum absolute atomic E-state index is 12.8. The molecule has 2 amide bonds. The number of carbonyl (C=O) groups is 1. The Kier molecular flexibility index (Phi) is 6.60. The summed E-state index contributed by atoms with van der Waals surface area (Å²) in [7, 11) is -1.78. The first kappa shape index (κ1) is 22.3. The normalized spacial score (nSPS) is 11.2. The average Bonchev–Trinajstić information content (AvgIpc) is 3.07. The van der Waals surface area contributed by atoms with Crippen LogP contribution in [0.15, 0.2) is 23.2 Å². The number of halogens is 1. The van der Waals surface area contributed by atoms with Crippen molar-refractivity contribution in [3.05, 3.63) is 23.4 Å². The van der Waals surface area contributed by atoms with Crippen molar-refractivity contribution >= 4 is 39.3 Å². The zero-order valence-electron chi connectivity index (χ0n) is 16.6. The molecule has 0 aromatic carbocycles. The van der Waals surface area contributed by atoms with Crippen LogP contribution in [0.4, 0.5) is 10.7 Å². The number of hydrogen-bond donors (Lipinski definition) is 2. The molecule has 0 aliphatic heterocycles. The van der Waals surface area contributed by atoms with Gasteiger partial charge in [-0.3, -0.25) is 5.32 Å². The van der Waals surface area contributed by atoms with Crippen LogP contribution >= 0.6 is 11.6 Å². The lowest BCUT2D eigenvalue weighted by atomic mass is 10.5. The van der Waals surface area contributed by atoms with Gasteiger partial charge in [-0.05, 0) is 12.5 Å². The van der Waals surface area contributed by atoms with Gasteiger partial charge in [0, 0.05) is 6.07 Å². The highest BCUT2D eigenvalue weighted by molar-refractivity contribution is 7.90. The second kappa shape index (κ2) is 9.18. The highest BCUT2D eigenvalue weighted by Gasteiger charge is 2.28. The number of nitrogens with zero attached hydrogens (tertiary/aromatic N) is 5. The topological polar surface area (TPSA) is 159 Å². The maximum Gasteiger partial charge on any atom is 0.335 e. The fraction of sp³-hybridized carbons (Fsp3) is 0.312. The minimum Gasteiger partial charge on any atom is -0.481 e. The molecule has 0 radical (unpaired) electrons. The number of sulfonamides is 1. The molecule has 15 heteroatoms. The number of methoxy groups -OCH3 is 2. The fourth-order valence-electron chi connectivity index (χ4n) is 2.34. The van der Waals surface area contributed by atoms with Crippen LogP contribution in [0.3, 0.4) is 0 Å². The van der Waals surface area contributed by atoms with Gasteiger partial charge in [0.2, 0.25) is 28.6 Å². The van der Waals surface area contributed by atoms with E-state index in [-0.39, 0.29) is 34.4 Å². The van der Waals surface area contributed by atoms with Crippen molar-refractivity contribution in [2.45, 2.75) is 18.4 Å². The number of ether oxygens (including phenoxy) is 3. The van der Waals surface area contributed by atoms with Crippen molar-refractivity contribution in [1.29, 1.82) is 0 Å². The van der Waals surface area contributed by atoms with Gasteiger partial charge in [-0.2, -0.15) is 22.9 Å². The summed E-state index contributed by atoms with van der Waals surface area (Å²) in [4.78, 5) is 24.0. The monoisotopic (exact) mass is 471 g/mol. The molecule has 0 saturated heterocycles. The van der Waals surface area contributed by atoms with E-state index in [0.29, 0.717) is 6.61 Å². The van der Waals surface area contributed by atoms with E-state index >= 15 is 0 Å². The van der Waals surface area contributed by atoms with Crippen molar-refractivity contribution in [3.8, 4) is 17.6 Å². The number of nitrogens with one attached hydrogen (secondary N) is 2. The smallest absolute Gasteiger partial charge is 0.335 e. The first-order valence-corrected chi connectivity index (χ1v) is 10.6. The quantitative estimate of drug-likeness (QED) is 0.492. The standard InChI is InChI=1S/C16H18ClN7O6S/c1-4-7-30-10-6-5-9-18-13(17)14(24(9)22-10)31(26,27)23-16(25)21-15-19-11(28-2)8-12(20-15)29-3/h5-6,8H,4,7H2,1-3H3,(H2,19,20,21,23,25). The Labute approximate surface area is 181 Å². The molecule has 13 nitrogen and oxygen atoms in total. The molecular weight excluding hydrogens is 454 g/mol. The average molecular weight is 472 g/mol. The van der Waals surface area contributed by atoms with Gasteiger partial charge in [0.15, 0.2) is 10.8 Å². The van der Waals surface area contributed by atoms with Crippen LogP contribution < -0.4 is 24.2 Å². The van der Waals surface area contributed by atoms with Gasteiger partial charge in [-0.25, -0.2) is 14.5 Å². The van der Waals surface area contributed by atoms with Crippen LogP contribution in [0.2, 0.25) is 5.15 Å². The molecule has 3 aromatic rings. The molecule has 0 aliphatic rings. The van der Waals surface area contributed by atoms with Crippen LogP contribution in [-0.2, 0) is 10.0 Å². The van der Waals surface area contributed by atoms with E-state index in [1.807, 2.05) is 11.6 Å². The number of carbonyl (C=O) groups excluding carboxylic acids is 1. The highest BCUT2D eigenvalue weighted by Crippen LogP contribution is 2.23. The molecule has 0 saturated carbocycles. The predicted molar refractivity (Wildman–Crippen MR) is 108 cm³/mol. The summed E-state index contributed by atoms with van der Waals surface area (Å²) < 4.78 is 43.8. The minimum atomic E-state index is -4.49. The second-order valence-corrected chi connectivity index (χ2v) is 7.79. The zero-order chi connectivity index (χ0) is 22.6. The van der Waals surface area contributed by atoms with Crippen LogP contribution in [0.25, 0.3) is 5.65 Å². The Morgan fingerprint density at radius 3 is 2.42 bits per heavy atom. The SMILES string of the molecule is CCCOc1ccc2nc(Cl)c(S(=O)(=O)NC(=O)Nc3nc(OC)cc(OC)n3)n2n1. The van der Waals surface area contributed by atoms with Gasteiger partial charge in [0.1, 0.15) is 0 Å². The number of fused-ring (bicyclic) bond motifs is 1. The van der Waals surface area contributed by atoms with Crippen LogP contribution in [0, 0.1) is 0 Å². The van der Waals surface area contributed by atoms with E-state index in [2.05, 4.69) is 25.4 Å². The van der Waals surface area contributed by atoms with Crippen molar-refractivity contribution in [3.63, 3.8) is 0 Å². The Balaban J connectivity index is 1.87. The van der Waals surface area contributed by atoms with Crippen molar-refractivity contribution in [2.75, 3.05) is 26.1 Å². The summed E-state index contributed by atoms with van der Waals surface area (Å²) >= 11 is 6.01. The van der Waals surface area contributed by atoms with E-state index in [0.717, 1.165) is 10.9 Å². The van der Waals surface area contributed by atoms with Gasteiger partial charge in [0.05, 0.1) is 26.9 Å². The third-order valence-corrected chi connectivity index (χ3v) is 5.34. The predicted octanol–water partition coefficient (Wildman–Crippen LogP) is 1.49.